The zero-order valence-corrected chi connectivity index (χ0v) is 33.8. The van der Waals surface area contributed by atoms with Crippen LogP contribution in [0.5, 0.6) is 0 Å². The average Bonchev–Trinajstić information content (AvgIpc) is 3.11. The van der Waals surface area contributed by atoms with Gasteiger partial charge >= 0.3 is 41.1 Å². The van der Waals surface area contributed by atoms with Crippen LogP contribution in [0.3, 0.4) is 0 Å². The van der Waals surface area contributed by atoms with Crippen LogP contribution in [0.4, 0.5) is 21.0 Å². The minimum absolute atomic E-state index is 0. The Bertz CT molecular complexity index is 1450. The van der Waals surface area contributed by atoms with Crippen LogP contribution in [0.2, 0.25) is 0 Å². The standard InChI is InChI=1S/C15H17ClN2O4.C13H16N2O2.C2H2Cl2O2.C2H6.CH2O3.Na/c1-2-15(8-7-12(19)18-13(15)20)10-3-5-11(6-4-10)17-14(21)22-9-16;1-2-13(8-7-11(16)15-12(13)17)9-3-5-10(14)6-4-9;3-1-6-2(4)5;1-2;2-1-4-3;/h3-6H,2,7-9H2,1H3,(H,17,21)(H,18,19,20);3-6H,2,7-8,14H2,1H3,(H,15,16,17);1H2;1-2H3;1,3H;/q;;;;;+1/p-1. The van der Waals surface area contributed by atoms with Gasteiger partial charge in [0.25, 0.3) is 6.47 Å². The fourth-order valence-electron chi connectivity index (χ4n) is 5.05. The summed E-state index contributed by atoms with van der Waals surface area (Å²) in [6.45, 7) is 7.70. The number of anilines is 2. The van der Waals surface area contributed by atoms with Crippen LogP contribution in [0, 0.1) is 0 Å². The largest absolute Gasteiger partial charge is 1.00 e. The monoisotopic (exact) mass is 798 g/mol. The number of hydrogen-bond acceptors (Lipinski definition) is 12. The van der Waals surface area contributed by atoms with E-state index in [0.29, 0.717) is 49.9 Å². The van der Waals surface area contributed by atoms with Crippen molar-refractivity contribution in [2.24, 2.45) is 0 Å². The molecule has 282 valence electrons. The van der Waals surface area contributed by atoms with Gasteiger partial charge in [0, 0.05) is 35.8 Å². The molecule has 2 atom stereocenters. The predicted molar refractivity (Wildman–Crippen MR) is 188 cm³/mol. The number of imide groups is 2. The number of nitrogens with two attached hydrogens (primary N) is 1. The number of nitrogen functional groups attached to an aromatic ring is 1. The first-order valence-electron chi connectivity index (χ1n) is 15.5. The SMILES string of the molecule is CC.CCC1(c2ccc(N)cc2)CCC(=O)NC1=O.CCC1(c2ccc(NC(=O)OCCl)cc2)CCC(=O)NC1=O.O=C(Cl)OCCl.O=CO[O-].[Na+]. The summed E-state index contributed by atoms with van der Waals surface area (Å²) in [5, 5.41) is 15.8. The van der Waals surface area contributed by atoms with Crippen LogP contribution in [0.1, 0.15) is 77.3 Å². The van der Waals surface area contributed by atoms with Gasteiger partial charge in [0.05, 0.1) is 10.8 Å². The third-order valence-corrected chi connectivity index (χ3v) is 8.01. The van der Waals surface area contributed by atoms with Crippen molar-refractivity contribution in [3.63, 3.8) is 0 Å². The second kappa shape index (κ2) is 27.2. The molecule has 2 fully saturated rings. The van der Waals surface area contributed by atoms with Crippen molar-refractivity contribution < 1.29 is 82.7 Å². The molecule has 2 unspecified atom stereocenters. The van der Waals surface area contributed by atoms with E-state index in [4.69, 9.17) is 39.0 Å². The zero-order valence-electron chi connectivity index (χ0n) is 29.6. The number of benzene rings is 2. The Kier molecular flexibility index (Phi) is 26.5. The fraction of sp³-hybridized carbons (Fsp3) is 0.424. The minimum Gasteiger partial charge on any atom is -0.662 e. The van der Waals surface area contributed by atoms with Crippen molar-refractivity contribution >= 4 is 87.8 Å². The molecule has 15 nitrogen and oxygen atoms in total. The summed E-state index contributed by atoms with van der Waals surface area (Å²) in [5.74, 6) is -0.889. The molecule has 5 N–H and O–H groups in total. The van der Waals surface area contributed by atoms with E-state index in [1.54, 1.807) is 36.4 Å². The minimum atomic E-state index is -0.870. The Hall–Kier alpha value is -3.44. The quantitative estimate of drug-likeness (QED) is 0.0439. The molecule has 0 spiro atoms. The molecule has 0 saturated carbocycles. The molecule has 52 heavy (non-hydrogen) atoms. The van der Waals surface area contributed by atoms with Gasteiger partial charge < -0.3 is 25.4 Å². The molecule has 2 aromatic carbocycles. The Morgan fingerprint density at radius 2 is 1.21 bits per heavy atom. The number of piperidine rings is 2. The molecule has 0 aromatic heterocycles. The van der Waals surface area contributed by atoms with Gasteiger partial charge in [-0.05, 0) is 61.1 Å². The van der Waals surface area contributed by atoms with Crippen LogP contribution < -0.4 is 56.5 Å². The summed E-state index contributed by atoms with van der Waals surface area (Å²) < 4.78 is 8.51. The van der Waals surface area contributed by atoms with Gasteiger partial charge in [-0.3, -0.25) is 39.9 Å². The number of amides is 5. The number of halogens is 3. The summed E-state index contributed by atoms with van der Waals surface area (Å²) in [4.78, 5) is 78.9. The molecule has 2 aromatic rings. The maximum Gasteiger partial charge on any atom is 1.00 e. The first kappa shape index (κ1) is 50.7. The number of nitrogens with one attached hydrogen (secondary N) is 3. The second-order valence-corrected chi connectivity index (χ2v) is 10.9. The molecule has 5 amide bonds. The zero-order chi connectivity index (χ0) is 39.0. The van der Waals surface area contributed by atoms with E-state index in [1.807, 2.05) is 39.8 Å². The number of carbonyl (C=O) groups is 7. The van der Waals surface area contributed by atoms with Crippen LogP contribution in [-0.4, -0.2) is 53.8 Å². The van der Waals surface area contributed by atoms with Crippen LogP contribution in [0.25, 0.3) is 0 Å². The molecule has 0 radical (unpaired) electrons. The van der Waals surface area contributed by atoms with Gasteiger partial charge in [-0.1, -0.05) is 75.2 Å². The Morgan fingerprint density at radius 1 is 0.827 bits per heavy atom. The van der Waals surface area contributed by atoms with E-state index in [2.05, 4.69) is 41.9 Å². The van der Waals surface area contributed by atoms with Gasteiger partial charge in [-0.2, -0.15) is 0 Å². The first-order valence-corrected chi connectivity index (χ1v) is 17.0. The van der Waals surface area contributed by atoms with E-state index in [9.17, 15) is 28.8 Å². The molecule has 2 heterocycles. The number of carbonyl (C=O) groups excluding carboxylic acids is 7. The summed E-state index contributed by atoms with van der Waals surface area (Å²) in [6, 6.07) is 13.8. The maximum atomic E-state index is 12.3. The van der Waals surface area contributed by atoms with Crippen molar-refractivity contribution in [2.75, 3.05) is 23.2 Å². The van der Waals surface area contributed by atoms with E-state index in [1.165, 1.54) is 0 Å². The molecule has 0 aliphatic carbocycles. The third kappa shape index (κ3) is 16.1. The topological polar surface area (TPSA) is 232 Å². The molecule has 19 heteroatoms. The van der Waals surface area contributed by atoms with Crippen molar-refractivity contribution in [3.8, 4) is 0 Å². The number of hydrogen-bond donors (Lipinski definition) is 4. The van der Waals surface area contributed by atoms with Gasteiger partial charge in [0.15, 0.2) is 12.1 Å². The van der Waals surface area contributed by atoms with Crippen LogP contribution in [-0.2, 0) is 49.2 Å². The normalized spacial score (nSPS) is 18.4. The van der Waals surface area contributed by atoms with Gasteiger partial charge in [-0.25, -0.2) is 9.59 Å². The van der Waals surface area contributed by atoms with Gasteiger partial charge in [0.2, 0.25) is 23.6 Å². The number of ether oxygens (including phenoxy) is 2. The summed E-state index contributed by atoms with van der Waals surface area (Å²) in [5.41, 5.74) is 6.44. The molecule has 2 aliphatic heterocycles. The van der Waals surface area contributed by atoms with E-state index in [0.717, 1.165) is 11.1 Å². The number of rotatable bonds is 8. The van der Waals surface area contributed by atoms with Crippen LogP contribution in [0.15, 0.2) is 48.5 Å². The Balaban J connectivity index is 0. The maximum absolute atomic E-state index is 12.3. The Labute approximate surface area is 339 Å². The predicted octanol–water partition coefficient (Wildman–Crippen LogP) is 1.89. The average molecular weight is 800 g/mol. The summed E-state index contributed by atoms with van der Waals surface area (Å²) in [7, 11) is 0. The van der Waals surface area contributed by atoms with Crippen molar-refractivity contribution in [1.82, 2.24) is 10.6 Å². The molecule has 4 rings (SSSR count). The van der Waals surface area contributed by atoms with E-state index < -0.39 is 22.4 Å². The summed E-state index contributed by atoms with van der Waals surface area (Å²) >= 11 is 14.8. The third-order valence-electron chi connectivity index (χ3n) is 7.68. The van der Waals surface area contributed by atoms with Crippen molar-refractivity contribution in [1.29, 1.82) is 0 Å². The van der Waals surface area contributed by atoms with Crippen molar-refractivity contribution in [2.45, 2.75) is 77.0 Å². The molecule has 2 aliphatic rings. The Morgan fingerprint density at radius 3 is 1.50 bits per heavy atom. The van der Waals surface area contributed by atoms with Gasteiger partial charge in [-0.15, -0.1) is 0 Å². The number of alkyl halides is 2. The van der Waals surface area contributed by atoms with E-state index in [-0.39, 0.29) is 71.8 Å². The van der Waals surface area contributed by atoms with Crippen LogP contribution >= 0.6 is 34.8 Å². The molecular weight excluding hydrogens is 758 g/mol. The molecule has 2 saturated heterocycles. The smallest absolute Gasteiger partial charge is 0.662 e. The van der Waals surface area contributed by atoms with Crippen molar-refractivity contribution in [3.05, 3.63) is 59.7 Å². The molecule has 0 bridgehead atoms. The van der Waals surface area contributed by atoms with Gasteiger partial charge in [0.1, 0.15) is 0 Å². The summed E-state index contributed by atoms with van der Waals surface area (Å²) in [6.07, 6.45) is 2.39. The van der Waals surface area contributed by atoms with E-state index >= 15 is 0 Å². The molecular formula is C33H42Cl3N4NaO11. The second-order valence-electron chi connectivity index (χ2n) is 10.2. The first-order chi connectivity index (χ1) is 24.3. The fourth-order valence-corrected chi connectivity index (χ4v) is 5.36.